The normalized spacial score (nSPS) is 15.1. The van der Waals surface area contributed by atoms with E-state index in [0.717, 1.165) is 24.8 Å². The lowest BCUT2D eigenvalue weighted by Gasteiger charge is -2.14. The molecule has 0 radical (unpaired) electrons. The van der Waals surface area contributed by atoms with Crippen LogP contribution in [0.1, 0.15) is 36.8 Å². The van der Waals surface area contributed by atoms with Crippen LogP contribution in [0.3, 0.4) is 0 Å². The summed E-state index contributed by atoms with van der Waals surface area (Å²) in [5, 5.41) is 3.66. The van der Waals surface area contributed by atoms with Crippen molar-refractivity contribution in [3.63, 3.8) is 0 Å². The highest BCUT2D eigenvalue weighted by atomic mass is 35.5. The standard InChI is InChI=1S/C23H22Cl2N2O2S2/c1-15-6-8-16(9-7-15)13-20-22(29)27(23(30)31-20)12-4-2-3-5-21(28)26-17-10-11-18(24)19(25)14-17/h6-11,13-14H,2-5,12H2,1H3,(H,26,28). The van der Waals surface area contributed by atoms with Crippen LogP contribution >= 0.6 is 47.2 Å². The SMILES string of the molecule is Cc1ccc(C=C2SC(=S)N(CCCCCC(=O)Nc3ccc(Cl)c(Cl)c3)C2=O)cc1. The maximum atomic E-state index is 12.7. The zero-order valence-electron chi connectivity index (χ0n) is 17.0. The Bertz CT molecular complexity index is 1020. The van der Waals surface area contributed by atoms with Gasteiger partial charge in [0, 0.05) is 18.7 Å². The predicted octanol–water partition coefficient (Wildman–Crippen LogP) is 6.70. The Balaban J connectivity index is 1.41. The quantitative estimate of drug-likeness (QED) is 0.253. The van der Waals surface area contributed by atoms with Crippen molar-refractivity contribution in [1.82, 2.24) is 4.90 Å². The molecule has 1 N–H and O–H groups in total. The minimum atomic E-state index is -0.0787. The fourth-order valence-electron chi connectivity index (χ4n) is 3.04. The van der Waals surface area contributed by atoms with E-state index in [1.54, 1.807) is 23.1 Å². The summed E-state index contributed by atoms with van der Waals surface area (Å²) >= 11 is 18.6. The van der Waals surface area contributed by atoms with Crippen LogP contribution < -0.4 is 5.32 Å². The number of thiocarbonyl (C=S) groups is 1. The molecule has 4 nitrogen and oxygen atoms in total. The summed E-state index contributed by atoms with van der Waals surface area (Å²) in [6, 6.07) is 13.0. The second-order valence-corrected chi connectivity index (χ2v) is 9.72. The number of anilines is 1. The molecule has 0 aromatic heterocycles. The molecule has 3 rings (SSSR count). The first-order valence-corrected chi connectivity index (χ1v) is 11.9. The number of hydrogen-bond acceptors (Lipinski definition) is 4. The Morgan fingerprint density at radius 2 is 1.84 bits per heavy atom. The number of unbranched alkanes of at least 4 members (excludes halogenated alkanes) is 2. The van der Waals surface area contributed by atoms with Crippen molar-refractivity contribution in [2.75, 3.05) is 11.9 Å². The monoisotopic (exact) mass is 492 g/mol. The van der Waals surface area contributed by atoms with E-state index in [1.807, 2.05) is 37.3 Å². The molecule has 2 aromatic carbocycles. The van der Waals surface area contributed by atoms with Gasteiger partial charge in [-0.05, 0) is 49.6 Å². The third-order valence-electron chi connectivity index (χ3n) is 4.74. The minimum absolute atomic E-state index is 0.0482. The average molecular weight is 493 g/mol. The summed E-state index contributed by atoms with van der Waals surface area (Å²) in [4.78, 5) is 27.1. The molecule has 1 fully saturated rings. The van der Waals surface area contributed by atoms with E-state index in [9.17, 15) is 9.59 Å². The highest BCUT2D eigenvalue weighted by Crippen LogP contribution is 2.33. The van der Waals surface area contributed by atoms with Crippen LogP contribution in [-0.2, 0) is 9.59 Å². The number of nitrogens with zero attached hydrogens (tertiary/aromatic N) is 1. The summed E-state index contributed by atoms with van der Waals surface area (Å²) in [5.41, 5.74) is 2.78. The number of halogens is 2. The molecule has 0 spiro atoms. The van der Waals surface area contributed by atoms with Gasteiger partial charge in [0.25, 0.3) is 5.91 Å². The number of thioether (sulfide) groups is 1. The first-order valence-electron chi connectivity index (χ1n) is 9.90. The lowest BCUT2D eigenvalue weighted by molar-refractivity contribution is -0.122. The molecule has 1 heterocycles. The number of carbonyl (C=O) groups is 2. The maximum absolute atomic E-state index is 12.7. The number of rotatable bonds is 8. The van der Waals surface area contributed by atoms with E-state index in [1.165, 1.54) is 17.3 Å². The van der Waals surface area contributed by atoms with Crippen LogP contribution in [0.25, 0.3) is 6.08 Å². The van der Waals surface area contributed by atoms with Gasteiger partial charge < -0.3 is 5.32 Å². The molecule has 0 aliphatic carbocycles. The number of nitrogens with one attached hydrogen (secondary N) is 1. The smallest absolute Gasteiger partial charge is 0.266 e. The Kier molecular flexibility index (Phi) is 8.55. The Morgan fingerprint density at radius 1 is 1.10 bits per heavy atom. The third kappa shape index (κ3) is 6.81. The fraction of sp³-hybridized carbons (Fsp3) is 0.261. The first kappa shape index (κ1) is 23.8. The van der Waals surface area contributed by atoms with Crippen molar-refractivity contribution in [2.45, 2.75) is 32.6 Å². The molecule has 8 heteroatoms. The van der Waals surface area contributed by atoms with Gasteiger partial charge in [-0.3, -0.25) is 14.5 Å². The highest BCUT2D eigenvalue weighted by molar-refractivity contribution is 8.26. The van der Waals surface area contributed by atoms with Gasteiger partial charge in [-0.15, -0.1) is 0 Å². The first-order chi connectivity index (χ1) is 14.8. The van der Waals surface area contributed by atoms with E-state index in [-0.39, 0.29) is 11.8 Å². The van der Waals surface area contributed by atoms with Crippen molar-refractivity contribution in [2.24, 2.45) is 0 Å². The number of aryl methyl sites for hydroxylation is 1. The van der Waals surface area contributed by atoms with Gasteiger partial charge in [-0.2, -0.15) is 0 Å². The van der Waals surface area contributed by atoms with E-state index in [2.05, 4.69) is 5.32 Å². The zero-order chi connectivity index (χ0) is 22.4. The van der Waals surface area contributed by atoms with Crippen molar-refractivity contribution in [3.8, 4) is 0 Å². The molecule has 31 heavy (non-hydrogen) atoms. The lowest BCUT2D eigenvalue weighted by Crippen LogP contribution is -2.29. The molecular weight excluding hydrogens is 471 g/mol. The van der Waals surface area contributed by atoms with Crippen LogP contribution in [0.5, 0.6) is 0 Å². The number of hydrogen-bond donors (Lipinski definition) is 1. The Hall–Kier alpha value is -1.86. The highest BCUT2D eigenvalue weighted by Gasteiger charge is 2.31. The van der Waals surface area contributed by atoms with E-state index >= 15 is 0 Å². The van der Waals surface area contributed by atoms with Crippen LogP contribution in [0.2, 0.25) is 10.0 Å². The second kappa shape index (κ2) is 11.1. The topological polar surface area (TPSA) is 49.4 Å². The van der Waals surface area contributed by atoms with Crippen molar-refractivity contribution >= 4 is 75.1 Å². The van der Waals surface area contributed by atoms with Crippen LogP contribution in [0, 0.1) is 6.92 Å². The molecule has 0 unspecified atom stereocenters. The predicted molar refractivity (Wildman–Crippen MR) is 135 cm³/mol. The summed E-state index contributed by atoms with van der Waals surface area (Å²) in [5.74, 6) is -0.127. The largest absolute Gasteiger partial charge is 0.326 e. The molecule has 0 saturated carbocycles. The molecule has 162 valence electrons. The van der Waals surface area contributed by atoms with Gasteiger partial charge in [-0.25, -0.2) is 0 Å². The van der Waals surface area contributed by atoms with Gasteiger partial charge in [0.05, 0.1) is 15.0 Å². The van der Waals surface area contributed by atoms with Gasteiger partial charge in [0.2, 0.25) is 5.91 Å². The van der Waals surface area contributed by atoms with E-state index in [0.29, 0.717) is 37.9 Å². The van der Waals surface area contributed by atoms with Gasteiger partial charge >= 0.3 is 0 Å². The van der Waals surface area contributed by atoms with Crippen molar-refractivity contribution < 1.29 is 9.59 Å². The molecule has 1 saturated heterocycles. The lowest BCUT2D eigenvalue weighted by atomic mass is 10.1. The molecule has 1 aliphatic heterocycles. The molecule has 2 amide bonds. The van der Waals surface area contributed by atoms with Gasteiger partial charge in [0.1, 0.15) is 4.32 Å². The number of carbonyl (C=O) groups excluding carboxylic acids is 2. The third-order valence-corrected chi connectivity index (χ3v) is 6.85. The Morgan fingerprint density at radius 3 is 2.55 bits per heavy atom. The van der Waals surface area contributed by atoms with Crippen molar-refractivity contribution in [1.29, 1.82) is 0 Å². The van der Waals surface area contributed by atoms with E-state index in [4.69, 9.17) is 35.4 Å². The molecule has 2 aromatic rings. The van der Waals surface area contributed by atoms with Gasteiger partial charge in [0.15, 0.2) is 0 Å². The van der Waals surface area contributed by atoms with E-state index < -0.39 is 0 Å². The number of amides is 2. The average Bonchev–Trinajstić information content (AvgIpc) is 2.99. The molecular formula is C23H22Cl2N2O2S2. The van der Waals surface area contributed by atoms with Crippen molar-refractivity contribution in [3.05, 3.63) is 68.5 Å². The maximum Gasteiger partial charge on any atom is 0.266 e. The summed E-state index contributed by atoms with van der Waals surface area (Å²) in [6.07, 6.45) is 4.60. The fourth-order valence-corrected chi connectivity index (χ4v) is 4.64. The van der Waals surface area contributed by atoms with Crippen LogP contribution in [0.4, 0.5) is 5.69 Å². The minimum Gasteiger partial charge on any atom is -0.326 e. The molecule has 0 atom stereocenters. The summed E-state index contributed by atoms with van der Waals surface area (Å²) in [6.45, 7) is 2.59. The van der Waals surface area contributed by atoms with Gasteiger partial charge in [-0.1, -0.05) is 83.4 Å². The Labute approximate surface area is 202 Å². The molecule has 1 aliphatic rings. The van der Waals surface area contributed by atoms with Crippen LogP contribution in [0.15, 0.2) is 47.4 Å². The summed E-state index contributed by atoms with van der Waals surface area (Å²) < 4.78 is 0.584. The molecule has 0 bridgehead atoms. The number of benzene rings is 2. The second-order valence-electron chi connectivity index (χ2n) is 7.23. The zero-order valence-corrected chi connectivity index (χ0v) is 20.1. The van der Waals surface area contributed by atoms with Crippen LogP contribution in [-0.4, -0.2) is 27.6 Å². The summed E-state index contributed by atoms with van der Waals surface area (Å²) in [7, 11) is 0.